The second-order valence-electron chi connectivity index (χ2n) is 5.10. The van der Waals surface area contributed by atoms with Gasteiger partial charge in [-0.15, -0.1) is 0 Å². The maximum Gasteiger partial charge on any atom is 0.146 e. The molecule has 0 saturated carbocycles. The average molecular weight is 306 g/mol. The van der Waals surface area contributed by atoms with Gasteiger partial charge in [0, 0.05) is 5.56 Å². The largest absolute Gasteiger partial charge is 0.495 e. The molecule has 2 N–H and O–H groups in total. The van der Waals surface area contributed by atoms with Gasteiger partial charge in [0.15, 0.2) is 0 Å². The van der Waals surface area contributed by atoms with Crippen molar-refractivity contribution in [3.63, 3.8) is 0 Å². The summed E-state index contributed by atoms with van der Waals surface area (Å²) < 4.78 is 10.6. The van der Waals surface area contributed by atoms with Crippen LogP contribution in [0.25, 0.3) is 0 Å². The lowest BCUT2D eigenvalue weighted by molar-refractivity contribution is 0.390. The first-order chi connectivity index (χ1) is 9.97. The minimum atomic E-state index is -0.304. The summed E-state index contributed by atoms with van der Waals surface area (Å²) in [5, 5.41) is 0.442. The van der Waals surface area contributed by atoms with E-state index in [1.807, 2.05) is 12.1 Å². The Hall–Kier alpha value is -1.71. The fourth-order valence-corrected chi connectivity index (χ4v) is 2.86. The van der Waals surface area contributed by atoms with Gasteiger partial charge < -0.3 is 15.2 Å². The van der Waals surface area contributed by atoms with Gasteiger partial charge in [-0.1, -0.05) is 40.9 Å². The van der Waals surface area contributed by atoms with Crippen LogP contribution in [0.2, 0.25) is 5.02 Å². The number of hydrogen-bond donors (Lipinski definition) is 1. The van der Waals surface area contributed by atoms with Crippen molar-refractivity contribution in [2.45, 2.75) is 19.9 Å². The SMILES string of the molecule is COc1ccc(C(N)c2cc(C)cc(C)c2)c(OC)c1Cl. The van der Waals surface area contributed by atoms with Crippen LogP contribution in [-0.2, 0) is 0 Å². The minimum absolute atomic E-state index is 0.304. The summed E-state index contributed by atoms with van der Waals surface area (Å²) in [6, 6.07) is 9.68. The molecule has 0 spiro atoms. The minimum Gasteiger partial charge on any atom is -0.495 e. The highest BCUT2D eigenvalue weighted by atomic mass is 35.5. The number of nitrogens with two attached hydrogens (primary N) is 1. The Balaban J connectivity index is 2.52. The van der Waals surface area contributed by atoms with E-state index in [0.29, 0.717) is 16.5 Å². The third-order valence-corrected chi connectivity index (χ3v) is 3.81. The van der Waals surface area contributed by atoms with E-state index in [2.05, 4.69) is 32.0 Å². The number of halogens is 1. The molecule has 0 aromatic heterocycles. The van der Waals surface area contributed by atoms with Crippen LogP contribution in [0.1, 0.15) is 28.3 Å². The first-order valence-electron chi connectivity index (χ1n) is 6.72. The normalized spacial score (nSPS) is 12.1. The summed E-state index contributed by atoms with van der Waals surface area (Å²) >= 11 is 6.30. The predicted molar refractivity (Wildman–Crippen MR) is 86.5 cm³/mol. The molecule has 0 amide bonds. The van der Waals surface area contributed by atoms with E-state index < -0.39 is 0 Å². The molecule has 1 atom stereocenters. The third-order valence-electron chi connectivity index (χ3n) is 3.45. The lowest BCUT2D eigenvalue weighted by atomic mass is 9.95. The van der Waals surface area contributed by atoms with Gasteiger partial charge in [0.2, 0.25) is 0 Å². The number of benzene rings is 2. The molecule has 21 heavy (non-hydrogen) atoms. The second kappa shape index (κ2) is 6.37. The van der Waals surface area contributed by atoms with Crippen molar-refractivity contribution in [2.24, 2.45) is 5.73 Å². The lowest BCUT2D eigenvalue weighted by Crippen LogP contribution is -2.14. The monoisotopic (exact) mass is 305 g/mol. The zero-order valence-electron chi connectivity index (χ0n) is 12.7. The van der Waals surface area contributed by atoms with Crippen LogP contribution in [0, 0.1) is 13.8 Å². The summed E-state index contributed by atoms with van der Waals surface area (Å²) in [5.41, 5.74) is 10.6. The highest BCUT2D eigenvalue weighted by Crippen LogP contribution is 2.40. The molecule has 0 saturated heterocycles. The van der Waals surface area contributed by atoms with E-state index in [4.69, 9.17) is 26.8 Å². The number of rotatable bonds is 4. The van der Waals surface area contributed by atoms with Crippen molar-refractivity contribution in [1.29, 1.82) is 0 Å². The van der Waals surface area contributed by atoms with Crippen molar-refractivity contribution in [2.75, 3.05) is 14.2 Å². The van der Waals surface area contributed by atoms with E-state index in [1.54, 1.807) is 14.2 Å². The van der Waals surface area contributed by atoms with Gasteiger partial charge in [0.05, 0.1) is 20.3 Å². The van der Waals surface area contributed by atoms with Gasteiger partial charge in [0.1, 0.15) is 16.5 Å². The van der Waals surface area contributed by atoms with Crippen molar-refractivity contribution in [3.8, 4) is 11.5 Å². The molecule has 0 radical (unpaired) electrons. The van der Waals surface area contributed by atoms with Crippen molar-refractivity contribution in [3.05, 3.63) is 57.6 Å². The summed E-state index contributed by atoms with van der Waals surface area (Å²) in [5.74, 6) is 1.13. The van der Waals surface area contributed by atoms with Crippen molar-refractivity contribution in [1.82, 2.24) is 0 Å². The Morgan fingerprint density at radius 2 is 1.62 bits per heavy atom. The Morgan fingerprint density at radius 1 is 1.00 bits per heavy atom. The van der Waals surface area contributed by atoms with E-state index in [9.17, 15) is 0 Å². The van der Waals surface area contributed by atoms with E-state index in [-0.39, 0.29) is 6.04 Å². The van der Waals surface area contributed by atoms with Gasteiger partial charge in [-0.05, 0) is 31.5 Å². The molecule has 4 heteroatoms. The van der Waals surface area contributed by atoms with Crippen LogP contribution in [0.3, 0.4) is 0 Å². The Morgan fingerprint density at radius 3 is 2.14 bits per heavy atom. The quantitative estimate of drug-likeness (QED) is 0.928. The second-order valence-corrected chi connectivity index (χ2v) is 5.48. The highest BCUT2D eigenvalue weighted by molar-refractivity contribution is 6.33. The maximum absolute atomic E-state index is 6.41. The molecule has 0 aliphatic rings. The van der Waals surface area contributed by atoms with Crippen LogP contribution >= 0.6 is 11.6 Å². The number of methoxy groups -OCH3 is 2. The molecule has 0 bridgehead atoms. The fourth-order valence-electron chi connectivity index (χ4n) is 2.53. The third kappa shape index (κ3) is 3.14. The van der Waals surface area contributed by atoms with Gasteiger partial charge in [-0.2, -0.15) is 0 Å². The first-order valence-corrected chi connectivity index (χ1v) is 7.10. The predicted octanol–water partition coefficient (Wildman–Crippen LogP) is 4.02. The molecular weight excluding hydrogens is 286 g/mol. The fraction of sp³-hybridized carbons (Fsp3) is 0.294. The smallest absolute Gasteiger partial charge is 0.146 e. The number of hydrogen-bond acceptors (Lipinski definition) is 3. The van der Waals surface area contributed by atoms with Crippen LogP contribution in [-0.4, -0.2) is 14.2 Å². The summed E-state index contributed by atoms with van der Waals surface area (Å²) in [4.78, 5) is 0. The average Bonchev–Trinajstić information content (AvgIpc) is 2.45. The van der Waals surface area contributed by atoms with Gasteiger partial charge in [-0.3, -0.25) is 0 Å². The van der Waals surface area contributed by atoms with Crippen LogP contribution in [0.5, 0.6) is 11.5 Å². The Kier molecular flexibility index (Phi) is 4.76. The Bertz CT molecular complexity index is 635. The highest BCUT2D eigenvalue weighted by Gasteiger charge is 2.19. The molecule has 1 unspecified atom stereocenters. The molecule has 2 rings (SSSR count). The molecule has 112 valence electrons. The van der Waals surface area contributed by atoms with E-state index in [0.717, 1.165) is 11.1 Å². The van der Waals surface area contributed by atoms with Gasteiger partial charge in [0.25, 0.3) is 0 Å². The van der Waals surface area contributed by atoms with Crippen LogP contribution < -0.4 is 15.2 Å². The molecule has 0 fully saturated rings. The van der Waals surface area contributed by atoms with Crippen LogP contribution in [0.15, 0.2) is 30.3 Å². The summed E-state index contributed by atoms with van der Waals surface area (Å²) in [7, 11) is 3.16. The van der Waals surface area contributed by atoms with Gasteiger partial charge in [-0.25, -0.2) is 0 Å². The molecule has 0 heterocycles. The summed E-state index contributed by atoms with van der Waals surface area (Å²) in [6.45, 7) is 4.11. The molecule has 2 aromatic carbocycles. The number of aryl methyl sites for hydroxylation is 2. The molecular formula is C17H20ClNO2. The first kappa shape index (κ1) is 15.7. The van der Waals surface area contributed by atoms with E-state index in [1.165, 1.54) is 11.1 Å². The van der Waals surface area contributed by atoms with Gasteiger partial charge >= 0.3 is 0 Å². The molecule has 3 nitrogen and oxygen atoms in total. The van der Waals surface area contributed by atoms with Crippen LogP contribution in [0.4, 0.5) is 0 Å². The molecule has 0 aliphatic heterocycles. The topological polar surface area (TPSA) is 44.5 Å². The maximum atomic E-state index is 6.41. The summed E-state index contributed by atoms with van der Waals surface area (Å²) in [6.07, 6.45) is 0. The number of ether oxygens (including phenoxy) is 2. The van der Waals surface area contributed by atoms with E-state index >= 15 is 0 Å². The Labute approximate surface area is 130 Å². The van der Waals surface area contributed by atoms with Crippen molar-refractivity contribution < 1.29 is 9.47 Å². The zero-order valence-corrected chi connectivity index (χ0v) is 13.5. The molecule has 2 aromatic rings. The molecule has 0 aliphatic carbocycles. The zero-order chi connectivity index (χ0) is 15.6. The standard InChI is InChI=1S/C17H20ClNO2/c1-10-7-11(2)9-12(8-10)16(19)13-5-6-14(20-3)15(18)17(13)21-4/h5-9,16H,19H2,1-4H3. The lowest BCUT2D eigenvalue weighted by Gasteiger charge is -2.19. The van der Waals surface area contributed by atoms with Crippen molar-refractivity contribution >= 4 is 11.6 Å².